The van der Waals surface area contributed by atoms with E-state index >= 15 is 0 Å². The Morgan fingerprint density at radius 3 is 2.33 bits per heavy atom. The molecule has 0 rings (SSSR count). The monoisotopic (exact) mass is 386 g/mol. The van der Waals surface area contributed by atoms with Crippen LogP contribution >= 0.6 is 22.6 Å². The molecule has 0 heterocycles. The normalized spacial score (nSPS) is 11.8. The molecule has 18 heavy (non-hydrogen) atoms. The molecule has 108 valence electrons. The fourth-order valence-corrected chi connectivity index (χ4v) is 2.58. The largest absolute Gasteiger partial charge is 0.356 e. The van der Waals surface area contributed by atoms with Crippen LogP contribution in [0.1, 0.15) is 25.7 Å². The lowest BCUT2D eigenvalue weighted by Crippen LogP contribution is -2.22. The second-order valence-electron chi connectivity index (χ2n) is 5.68. The number of alkyl halides is 1. The third kappa shape index (κ3) is 14.6. The summed E-state index contributed by atoms with van der Waals surface area (Å²) in [5, 5.41) is 0. The Labute approximate surface area is 126 Å². The molecule has 0 aromatic rings. The number of unbranched alkanes of at least 4 members (excludes halogenated alkanes) is 1. The van der Waals surface area contributed by atoms with Crippen molar-refractivity contribution < 1.29 is 14.3 Å². The number of halogens is 1. The van der Waals surface area contributed by atoms with Gasteiger partial charge >= 0.3 is 0 Å². The van der Waals surface area contributed by atoms with Gasteiger partial charge < -0.3 is 9.47 Å². The predicted octanol–water partition coefficient (Wildman–Crippen LogP) is 3.88. The van der Waals surface area contributed by atoms with Crippen LogP contribution in [0, 0.1) is 0 Å². The molecule has 0 aliphatic carbocycles. The number of carbonyl (C=O) groups is 1. The molecule has 0 aliphatic heterocycles. The van der Waals surface area contributed by atoms with Crippen LogP contribution in [0.15, 0.2) is 0 Å². The van der Waals surface area contributed by atoms with Gasteiger partial charge in [-0.05, 0) is 23.3 Å². The maximum atomic E-state index is 11.4. The summed E-state index contributed by atoms with van der Waals surface area (Å²) in [4.78, 5) is 11.4. The van der Waals surface area contributed by atoms with Crippen molar-refractivity contribution in [2.24, 2.45) is 0 Å². The highest BCUT2D eigenvalue weighted by atomic mass is 127. The quantitative estimate of drug-likeness (QED) is 0.168. The van der Waals surface area contributed by atoms with E-state index in [0.717, 1.165) is 29.9 Å². The van der Waals surface area contributed by atoms with Crippen molar-refractivity contribution in [3.63, 3.8) is 0 Å². The lowest BCUT2D eigenvalue weighted by molar-refractivity contribution is -0.121. The number of rotatable bonds is 12. The Morgan fingerprint density at radius 1 is 1.06 bits per heavy atom. The summed E-state index contributed by atoms with van der Waals surface area (Å²) in [7, 11) is -0.998. The number of ether oxygens (including phenoxy) is 2. The lowest BCUT2D eigenvalue weighted by atomic mass is 10.1. The summed E-state index contributed by atoms with van der Waals surface area (Å²) >= 11 is 2.34. The highest BCUT2D eigenvalue weighted by molar-refractivity contribution is 14.1. The second-order valence-corrected chi connectivity index (χ2v) is 12.4. The van der Waals surface area contributed by atoms with Crippen molar-refractivity contribution >= 4 is 36.4 Å². The minimum Gasteiger partial charge on any atom is -0.356 e. The van der Waals surface area contributed by atoms with Gasteiger partial charge in [-0.25, -0.2) is 0 Å². The summed E-state index contributed by atoms with van der Waals surface area (Å²) < 4.78 is 11.8. The summed E-state index contributed by atoms with van der Waals surface area (Å²) in [5.41, 5.74) is 0. The molecule has 0 radical (unpaired) electrons. The summed E-state index contributed by atoms with van der Waals surface area (Å²) in [6, 6.07) is 1.16. The molecule has 3 nitrogen and oxygen atoms in total. The van der Waals surface area contributed by atoms with Crippen LogP contribution < -0.4 is 0 Å². The van der Waals surface area contributed by atoms with Crippen molar-refractivity contribution in [3.05, 3.63) is 0 Å². The first-order valence-electron chi connectivity index (χ1n) is 6.69. The maximum absolute atomic E-state index is 11.4. The van der Waals surface area contributed by atoms with E-state index in [0.29, 0.717) is 32.0 Å². The first kappa shape index (κ1) is 18.5. The van der Waals surface area contributed by atoms with Crippen LogP contribution in [0.5, 0.6) is 0 Å². The Balaban J connectivity index is 3.22. The fraction of sp³-hybridized carbons (Fsp3) is 0.923. The fourth-order valence-electron chi connectivity index (χ4n) is 1.28. The van der Waals surface area contributed by atoms with E-state index in [1.54, 1.807) is 0 Å². The van der Waals surface area contributed by atoms with Gasteiger partial charge in [0.15, 0.2) is 0 Å². The van der Waals surface area contributed by atoms with Crippen molar-refractivity contribution in [2.45, 2.75) is 51.4 Å². The van der Waals surface area contributed by atoms with E-state index in [4.69, 9.17) is 9.47 Å². The zero-order valence-electron chi connectivity index (χ0n) is 12.0. The predicted molar refractivity (Wildman–Crippen MR) is 87.3 cm³/mol. The number of hydrogen-bond donors (Lipinski definition) is 0. The van der Waals surface area contributed by atoms with Crippen LogP contribution in [0.3, 0.4) is 0 Å². The van der Waals surface area contributed by atoms with Crippen LogP contribution in [-0.2, 0) is 14.3 Å². The van der Waals surface area contributed by atoms with Crippen molar-refractivity contribution in [2.75, 3.05) is 24.4 Å². The molecule has 0 saturated heterocycles. The Morgan fingerprint density at radius 2 is 1.72 bits per heavy atom. The van der Waals surface area contributed by atoms with Crippen molar-refractivity contribution in [1.29, 1.82) is 0 Å². The van der Waals surface area contributed by atoms with E-state index in [1.165, 1.54) is 0 Å². The molecule has 0 N–H and O–H groups in total. The molecule has 0 bridgehead atoms. The molecule has 0 atom stereocenters. The maximum Gasteiger partial charge on any atom is 0.146 e. The molecular formula is C13H27IO3Si. The topological polar surface area (TPSA) is 35.5 Å². The van der Waals surface area contributed by atoms with E-state index in [9.17, 15) is 4.79 Å². The summed E-state index contributed by atoms with van der Waals surface area (Å²) in [6.45, 7) is 8.57. The molecule has 0 saturated carbocycles. The third-order valence-electron chi connectivity index (χ3n) is 2.53. The van der Waals surface area contributed by atoms with E-state index in [2.05, 4.69) is 42.2 Å². The molecule has 0 spiro atoms. The Hall–Kier alpha value is 0.537. The minimum absolute atomic E-state index is 0.307. The van der Waals surface area contributed by atoms with Crippen LogP contribution in [0.25, 0.3) is 0 Å². The van der Waals surface area contributed by atoms with Crippen LogP contribution in [-0.4, -0.2) is 38.3 Å². The first-order valence-corrected chi connectivity index (χ1v) is 11.9. The number of ketones is 1. The summed E-state index contributed by atoms with van der Waals surface area (Å²) in [6.07, 6.45) is 3.36. The molecular weight excluding hydrogens is 359 g/mol. The molecule has 0 aromatic carbocycles. The van der Waals surface area contributed by atoms with Crippen LogP contribution in [0.4, 0.5) is 0 Å². The average Bonchev–Trinajstić information content (AvgIpc) is 2.26. The number of carbonyl (C=O) groups excluding carboxylic acids is 1. The van der Waals surface area contributed by atoms with E-state index in [-0.39, 0.29) is 0 Å². The molecule has 0 aromatic heterocycles. The number of Topliss-reactive ketones (excluding diaryl/α,β-unsaturated/α-hetero) is 1. The van der Waals surface area contributed by atoms with Gasteiger partial charge in [0.25, 0.3) is 0 Å². The van der Waals surface area contributed by atoms with Gasteiger partial charge in [0.2, 0.25) is 0 Å². The molecule has 0 amide bonds. The van der Waals surface area contributed by atoms with Gasteiger partial charge in [0, 0.05) is 27.5 Å². The first-order chi connectivity index (χ1) is 8.45. The lowest BCUT2D eigenvalue weighted by Gasteiger charge is -2.15. The summed E-state index contributed by atoms with van der Waals surface area (Å²) in [5.74, 6) is 0.307. The van der Waals surface area contributed by atoms with Crippen molar-refractivity contribution in [3.8, 4) is 0 Å². The van der Waals surface area contributed by atoms with Gasteiger partial charge in [-0.15, -0.1) is 0 Å². The third-order valence-corrected chi connectivity index (χ3v) is 4.99. The molecule has 0 aliphatic rings. The highest BCUT2D eigenvalue weighted by Gasteiger charge is 2.11. The smallest absolute Gasteiger partial charge is 0.146 e. The van der Waals surface area contributed by atoms with Gasteiger partial charge in [-0.1, -0.05) is 42.2 Å². The zero-order chi connectivity index (χ0) is 13.9. The van der Waals surface area contributed by atoms with Gasteiger partial charge in [0.05, 0.1) is 6.61 Å². The Bertz CT molecular complexity index is 217. The molecule has 0 unspecified atom stereocenters. The van der Waals surface area contributed by atoms with E-state index in [1.807, 2.05) is 0 Å². The highest BCUT2D eigenvalue weighted by Crippen LogP contribution is 2.07. The van der Waals surface area contributed by atoms with Gasteiger partial charge in [-0.3, -0.25) is 4.79 Å². The van der Waals surface area contributed by atoms with Gasteiger partial charge in [-0.2, -0.15) is 0 Å². The molecule has 0 fully saturated rings. The SMILES string of the molecule is C[Si](C)(C)CCOCOCCC(=O)CCCCI. The average molecular weight is 386 g/mol. The molecule has 5 heteroatoms. The standard InChI is InChI=1S/C13H27IO3Si/c1-18(2,3)11-10-17-12-16-9-7-13(15)6-4-5-8-14/h4-12H2,1-3H3. The number of hydrogen-bond acceptors (Lipinski definition) is 3. The minimum atomic E-state index is -0.998. The zero-order valence-corrected chi connectivity index (χ0v) is 15.1. The van der Waals surface area contributed by atoms with Crippen LogP contribution in [0.2, 0.25) is 25.7 Å². The second kappa shape index (κ2) is 11.4. The van der Waals surface area contributed by atoms with E-state index < -0.39 is 8.07 Å². The van der Waals surface area contributed by atoms with Crippen molar-refractivity contribution in [1.82, 2.24) is 0 Å². The van der Waals surface area contributed by atoms with Gasteiger partial charge in [0.1, 0.15) is 12.6 Å². The Kier molecular flexibility index (Phi) is 11.7.